The van der Waals surface area contributed by atoms with Gasteiger partial charge in [0.1, 0.15) is 6.20 Å². The second-order valence-corrected chi connectivity index (χ2v) is 4.19. The molecule has 2 rings (SSSR count). The molecule has 17 heavy (non-hydrogen) atoms. The highest BCUT2D eigenvalue weighted by Crippen LogP contribution is 2.27. The largest absolute Gasteiger partial charge is 0.363 e. The number of hydrogen-bond donors (Lipinski definition) is 0. The summed E-state index contributed by atoms with van der Waals surface area (Å²) in [6.45, 7) is 0. The molecule has 86 valence electrons. The molecule has 0 bridgehead atoms. The van der Waals surface area contributed by atoms with Gasteiger partial charge in [-0.3, -0.25) is 0 Å². The van der Waals surface area contributed by atoms with Crippen molar-refractivity contribution < 1.29 is 4.92 Å². The third-order valence-electron chi connectivity index (χ3n) is 2.13. The van der Waals surface area contributed by atoms with Crippen molar-refractivity contribution in [1.29, 1.82) is 0 Å². The number of nitrogens with zero attached hydrogens (tertiary/aromatic N) is 2. The average molecular weight is 269 g/mol. The lowest BCUT2D eigenvalue weighted by atomic mass is 10.1. The highest BCUT2D eigenvalue weighted by atomic mass is 35.5. The normalized spacial score (nSPS) is 10.2. The van der Waals surface area contributed by atoms with Gasteiger partial charge in [0.2, 0.25) is 0 Å². The lowest BCUT2D eigenvalue weighted by molar-refractivity contribution is -0.389. The second kappa shape index (κ2) is 4.69. The van der Waals surface area contributed by atoms with E-state index < -0.39 is 4.92 Å². The van der Waals surface area contributed by atoms with Gasteiger partial charge in [-0.05, 0) is 39.7 Å². The van der Waals surface area contributed by atoms with Crippen LogP contribution in [0.1, 0.15) is 0 Å². The monoisotopic (exact) mass is 268 g/mol. The Hall–Kier alpha value is -1.65. The van der Waals surface area contributed by atoms with Crippen LogP contribution in [0.3, 0.4) is 0 Å². The van der Waals surface area contributed by atoms with Gasteiger partial charge in [-0.25, -0.2) is 0 Å². The number of aromatic nitrogens is 1. The van der Waals surface area contributed by atoms with Crippen LogP contribution in [0.5, 0.6) is 0 Å². The van der Waals surface area contributed by atoms with Gasteiger partial charge in [-0.2, -0.15) is 0 Å². The molecular weight excluding hydrogens is 263 g/mol. The summed E-state index contributed by atoms with van der Waals surface area (Å²) in [6.07, 6.45) is 1.42. The van der Waals surface area contributed by atoms with E-state index in [0.29, 0.717) is 10.0 Å². The summed E-state index contributed by atoms with van der Waals surface area (Å²) in [5.41, 5.74) is 1.49. The smallest absolute Gasteiger partial charge is 0.358 e. The minimum Gasteiger partial charge on any atom is -0.358 e. The first-order valence-electron chi connectivity index (χ1n) is 4.63. The van der Waals surface area contributed by atoms with Crippen molar-refractivity contribution in [3.63, 3.8) is 0 Å². The SMILES string of the molecule is O=[N+]([O-])c1ccc(-c2cc(Cl)cc(Cl)c2)cn1. The molecule has 1 aromatic carbocycles. The quantitative estimate of drug-likeness (QED) is 0.612. The maximum absolute atomic E-state index is 10.5. The Labute approximate surface area is 107 Å². The van der Waals surface area contributed by atoms with E-state index in [2.05, 4.69) is 4.98 Å². The topological polar surface area (TPSA) is 56.0 Å². The maximum atomic E-state index is 10.5. The zero-order valence-corrected chi connectivity index (χ0v) is 9.94. The molecule has 0 N–H and O–H groups in total. The first kappa shape index (κ1) is 11.8. The van der Waals surface area contributed by atoms with Gasteiger partial charge in [0.05, 0.1) is 0 Å². The maximum Gasteiger partial charge on any atom is 0.363 e. The van der Waals surface area contributed by atoms with E-state index in [9.17, 15) is 10.1 Å². The van der Waals surface area contributed by atoms with Gasteiger partial charge in [0, 0.05) is 21.7 Å². The Kier molecular flexibility index (Phi) is 3.26. The highest BCUT2D eigenvalue weighted by Gasteiger charge is 2.08. The summed E-state index contributed by atoms with van der Waals surface area (Å²) >= 11 is 11.7. The molecule has 0 aliphatic carbocycles. The van der Waals surface area contributed by atoms with E-state index in [1.165, 1.54) is 12.3 Å². The van der Waals surface area contributed by atoms with E-state index in [4.69, 9.17) is 23.2 Å². The van der Waals surface area contributed by atoms with Crippen LogP contribution in [-0.4, -0.2) is 9.91 Å². The van der Waals surface area contributed by atoms with Crippen LogP contribution >= 0.6 is 23.2 Å². The van der Waals surface area contributed by atoms with E-state index in [0.717, 1.165) is 11.1 Å². The van der Waals surface area contributed by atoms with Crippen molar-refractivity contribution in [2.45, 2.75) is 0 Å². The molecule has 0 saturated heterocycles. The molecule has 1 heterocycles. The minimum absolute atomic E-state index is 0.193. The van der Waals surface area contributed by atoms with Crippen molar-refractivity contribution >= 4 is 29.0 Å². The predicted molar refractivity (Wildman–Crippen MR) is 66.3 cm³/mol. The van der Waals surface area contributed by atoms with Crippen LogP contribution in [0, 0.1) is 10.1 Å². The van der Waals surface area contributed by atoms with E-state index in [-0.39, 0.29) is 5.82 Å². The average Bonchev–Trinajstić information content (AvgIpc) is 2.28. The first-order chi connectivity index (χ1) is 8.06. The standard InChI is InChI=1S/C11H6Cl2N2O2/c12-9-3-8(4-10(13)5-9)7-1-2-11(14-6-7)15(16)17/h1-6H. The molecule has 0 aliphatic rings. The Morgan fingerprint density at radius 1 is 1.06 bits per heavy atom. The number of hydrogen-bond acceptors (Lipinski definition) is 3. The minimum atomic E-state index is -0.547. The van der Waals surface area contributed by atoms with Gasteiger partial charge in [-0.1, -0.05) is 23.2 Å². The third kappa shape index (κ3) is 2.72. The summed E-state index contributed by atoms with van der Waals surface area (Å²) in [5, 5.41) is 11.5. The fraction of sp³-hybridized carbons (Fsp3) is 0. The van der Waals surface area contributed by atoms with Crippen molar-refractivity contribution in [2.24, 2.45) is 0 Å². The molecule has 2 aromatic rings. The molecule has 0 atom stereocenters. The lowest BCUT2D eigenvalue weighted by Gasteiger charge is -2.01. The van der Waals surface area contributed by atoms with E-state index in [1.54, 1.807) is 24.3 Å². The van der Waals surface area contributed by atoms with Gasteiger partial charge in [-0.15, -0.1) is 0 Å². The molecule has 1 aromatic heterocycles. The van der Waals surface area contributed by atoms with E-state index in [1.807, 2.05) is 0 Å². The van der Waals surface area contributed by atoms with Gasteiger partial charge in [0.15, 0.2) is 0 Å². The number of nitro groups is 1. The predicted octanol–water partition coefficient (Wildman–Crippen LogP) is 3.96. The van der Waals surface area contributed by atoms with Crippen LogP contribution in [-0.2, 0) is 0 Å². The van der Waals surface area contributed by atoms with Gasteiger partial charge < -0.3 is 10.1 Å². The number of rotatable bonds is 2. The molecule has 6 heteroatoms. The molecule has 0 unspecified atom stereocenters. The summed E-state index contributed by atoms with van der Waals surface area (Å²) in [7, 11) is 0. The van der Waals surface area contributed by atoms with Gasteiger partial charge in [0.25, 0.3) is 0 Å². The summed E-state index contributed by atoms with van der Waals surface area (Å²) in [5.74, 6) is -0.193. The Bertz CT molecular complexity index is 550. The lowest BCUT2D eigenvalue weighted by Crippen LogP contribution is -1.91. The zero-order valence-electron chi connectivity index (χ0n) is 8.43. The number of halogens is 2. The Morgan fingerprint density at radius 3 is 2.18 bits per heavy atom. The van der Waals surface area contributed by atoms with Crippen LogP contribution in [0.15, 0.2) is 36.5 Å². The molecule has 0 radical (unpaired) electrons. The Balaban J connectivity index is 2.43. The van der Waals surface area contributed by atoms with Crippen molar-refractivity contribution in [3.8, 4) is 11.1 Å². The summed E-state index contributed by atoms with van der Waals surface area (Å²) in [6, 6.07) is 8.00. The second-order valence-electron chi connectivity index (χ2n) is 3.32. The van der Waals surface area contributed by atoms with Crippen LogP contribution in [0.4, 0.5) is 5.82 Å². The van der Waals surface area contributed by atoms with Crippen molar-refractivity contribution in [2.75, 3.05) is 0 Å². The van der Waals surface area contributed by atoms with Crippen molar-refractivity contribution in [1.82, 2.24) is 4.98 Å². The van der Waals surface area contributed by atoms with Crippen LogP contribution < -0.4 is 0 Å². The summed E-state index contributed by atoms with van der Waals surface area (Å²) in [4.78, 5) is 13.6. The van der Waals surface area contributed by atoms with Crippen LogP contribution in [0.2, 0.25) is 10.0 Å². The van der Waals surface area contributed by atoms with Crippen molar-refractivity contribution in [3.05, 3.63) is 56.7 Å². The van der Waals surface area contributed by atoms with Crippen LogP contribution in [0.25, 0.3) is 11.1 Å². The summed E-state index contributed by atoms with van der Waals surface area (Å²) < 4.78 is 0. The Morgan fingerprint density at radius 2 is 1.71 bits per heavy atom. The molecule has 4 nitrogen and oxygen atoms in total. The zero-order chi connectivity index (χ0) is 12.4. The number of pyridine rings is 1. The first-order valence-corrected chi connectivity index (χ1v) is 5.39. The third-order valence-corrected chi connectivity index (χ3v) is 2.57. The molecule has 0 aliphatic heterocycles. The van der Waals surface area contributed by atoms with E-state index >= 15 is 0 Å². The fourth-order valence-electron chi connectivity index (χ4n) is 1.39. The fourth-order valence-corrected chi connectivity index (χ4v) is 1.91. The van der Waals surface area contributed by atoms with Gasteiger partial charge >= 0.3 is 5.82 Å². The molecule has 0 fully saturated rings. The molecule has 0 amide bonds. The molecular formula is C11H6Cl2N2O2. The number of benzene rings is 1. The highest BCUT2D eigenvalue weighted by molar-refractivity contribution is 6.35. The molecule has 0 saturated carbocycles. The molecule has 0 spiro atoms.